The van der Waals surface area contributed by atoms with Gasteiger partial charge in [-0.2, -0.15) is 0 Å². The predicted molar refractivity (Wildman–Crippen MR) is 105 cm³/mol. The molecule has 1 aromatic carbocycles. The number of fused-ring (bicyclic) bond motifs is 1. The molecule has 0 aromatic heterocycles. The third kappa shape index (κ3) is 4.41. The molecule has 0 spiro atoms. The van der Waals surface area contributed by atoms with Crippen LogP contribution < -0.4 is 0 Å². The topological polar surface area (TPSA) is 49.9 Å². The minimum Gasteiger partial charge on any atom is -0.383 e. The van der Waals surface area contributed by atoms with Crippen LogP contribution in [0.2, 0.25) is 0 Å². The van der Waals surface area contributed by atoms with Crippen molar-refractivity contribution in [2.75, 3.05) is 26.8 Å². The summed E-state index contributed by atoms with van der Waals surface area (Å²) in [5, 5.41) is 0. The standard InChI is InChI=1S/C22H30N2O3/c1-3-23(16-17-9-5-4-6-10-17)21(25)15-19-18-11-7-8-12-20(18)24(22(19)26)13-14-27-2/h4-6,9-10,20H,3,7-8,11-16H2,1-2H3. The lowest BCUT2D eigenvalue weighted by Crippen LogP contribution is -2.39. The van der Waals surface area contributed by atoms with E-state index in [0.29, 0.717) is 26.2 Å². The minimum absolute atomic E-state index is 0.0371. The van der Waals surface area contributed by atoms with E-state index in [1.165, 1.54) is 5.57 Å². The summed E-state index contributed by atoms with van der Waals surface area (Å²) < 4.78 is 5.18. The summed E-state index contributed by atoms with van der Waals surface area (Å²) in [6, 6.07) is 10.2. The average Bonchev–Trinajstić information content (AvgIpc) is 2.96. The molecule has 1 aliphatic heterocycles. The summed E-state index contributed by atoms with van der Waals surface area (Å²) in [7, 11) is 1.66. The Morgan fingerprint density at radius 2 is 2.04 bits per heavy atom. The highest BCUT2D eigenvalue weighted by Gasteiger charge is 2.40. The number of amides is 2. The van der Waals surface area contributed by atoms with Gasteiger partial charge in [0.15, 0.2) is 0 Å². The molecule has 1 saturated carbocycles. The Morgan fingerprint density at radius 3 is 2.74 bits per heavy atom. The normalized spacial score (nSPS) is 19.4. The van der Waals surface area contributed by atoms with Crippen LogP contribution in [0.1, 0.15) is 44.6 Å². The molecule has 0 bridgehead atoms. The van der Waals surface area contributed by atoms with Gasteiger partial charge in [-0.15, -0.1) is 0 Å². The first kappa shape index (κ1) is 19.6. The number of nitrogens with zero attached hydrogens (tertiary/aromatic N) is 2. The third-order valence-electron chi connectivity index (χ3n) is 5.67. The zero-order chi connectivity index (χ0) is 19.2. The van der Waals surface area contributed by atoms with Crippen LogP contribution in [-0.4, -0.2) is 54.5 Å². The van der Waals surface area contributed by atoms with E-state index in [-0.39, 0.29) is 24.3 Å². The molecule has 1 aliphatic carbocycles. The molecule has 1 aromatic rings. The fourth-order valence-corrected chi connectivity index (χ4v) is 4.22. The average molecular weight is 370 g/mol. The van der Waals surface area contributed by atoms with Crippen LogP contribution in [0.4, 0.5) is 0 Å². The van der Waals surface area contributed by atoms with E-state index in [9.17, 15) is 9.59 Å². The van der Waals surface area contributed by atoms with Gasteiger partial charge in [-0.25, -0.2) is 0 Å². The smallest absolute Gasteiger partial charge is 0.250 e. The number of benzene rings is 1. The number of carbonyl (C=O) groups is 2. The lowest BCUT2D eigenvalue weighted by molar-refractivity contribution is -0.133. The molecular weight excluding hydrogens is 340 g/mol. The lowest BCUT2D eigenvalue weighted by Gasteiger charge is -2.29. The van der Waals surface area contributed by atoms with Gasteiger partial charge in [0.05, 0.1) is 19.1 Å². The van der Waals surface area contributed by atoms with Crippen molar-refractivity contribution in [3.05, 3.63) is 47.0 Å². The molecular formula is C22H30N2O3. The van der Waals surface area contributed by atoms with Crippen molar-refractivity contribution in [2.45, 2.75) is 51.6 Å². The van der Waals surface area contributed by atoms with E-state index in [0.717, 1.165) is 36.8 Å². The van der Waals surface area contributed by atoms with E-state index in [1.54, 1.807) is 7.11 Å². The van der Waals surface area contributed by atoms with Gasteiger partial charge in [-0.05, 0) is 37.3 Å². The van der Waals surface area contributed by atoms with Gasteiger partial charge >= 0.3 is 0 Å². The van der Waals surface area contributed by atoms with Crippen LogP contribution in [-0.2, 0) is 20.9 Å². The number of ether oxygens (including phenoxy) is 1. The Morgan fingerprint density at radius 1 is 1.26 bits per heavy atom. The summed E-state index contributed by atoms with van der Waals surface area (Å²) in [6.45, 7) is 4.35. The highest BCUT2D eigenvalue weighted by Crippen LogP contribution is 2.38. The molecule has 2 amide bonds. The number of methoxy groups -OCH3 is 1. The third-order valence-corrected chi connectivity index (χ3v) is 5.67. The SMILES string of the molecule is CCN(Cc1ccccc1)C(=O)CC1=C2CCCCC2N(CCOC)C1=O. The number of carbonyl (C=O) groups excluding carboxylic acids is 2. The first-order valence-electron chi connectivity index (χ1n) is 9.99. The highest BCUT2D eigenvalue weighted by atomic mass is 16.5. The second-order valence-electron chi connectivity index (χ2n) is 7.33. The number of hydrogen-bond acceptors (Lipinski definition) is 3. The maximum absolute atomic E-state index is 13.0. The van der Waals surface area contributed by atoms with E-state index in [1.807, 2.05) is 47.1 Å². The zero-order valence-electron chi connectivity index (χ0n) is 16.4. The van der Waals surface area contributed by atoms with E-state index < -0.39 is 0 Å². The van der Waals surface area contributed by atoms with Crippen LogP contribution in [0, 0.1) is 0 Å². The predicted octanol–water partition coefficient (Wildman–Crippen LogP) is 3.15. The summed E-state index contributed by atoms with van der Waals surface area (Å²) in [5.41, 5.74) is 3.05. The Hall–Kier alpha value is -2.14. The molecule has 1 atom stereocenters. The second-order valence-corrected chi connectivity index (χ2v) is 7.33. The number of rotatable bonds is 8. The molecule has 1 heterocycles. The molecule has 27 heavy (non-hydrogen) atoms. The number of hydrogen-bond donors (Lipinski definition) is 0. The van der Waals surface area contributed by atoms with E-state index in [4.69, 9.17) is 4.74 Å². The van der Waals surface area contributed by atoms with Crippen LogP contribution in [0.5, 0.6) is 0 Å². The zero-order valence-corrected chi connectivity index (χ0v) is 16.4. The van der Waals surface area contributed by atoms with Gasteiger partial charge in [-0.3, -0.25) is 9.59 Å². The fraction of sp³-hybridized carbons (Fsp3) is 0.545. The van der Waals surface area contributed by atoms with Crippen LogP contribution in [0.25, 0.3) is 0 Å². The van der Waals surface area contributed by atoms with Gasteiger partial charge in [0.1, 0.15) is 0 Å². The molecule has 5 nitrogen and oxygen atoms in total. The van der Waals surface area contributed by atoms with Gasteiger partial charge in [0.25, 0.3) is 5.91 Å². The molecule has 0 N–H and O–H groups in total. The molecule has 3 rings (SSSR count). The molecule has 0 saturated heterocycles. The first-order chi connectivity index (χ1) is 13.2. The van der Waals surface area contributed by atoms with Crippen LogP contribution in [0.15, 0.2) is 41.5 Å². The molecule has 146 valence electrons. The molecule has 1 unspecified atom stereocenters. The largest absolute Gasteiger partial charge is 0.383 e. The van der Waals surface area contributed by atoms with Gasteiger partial charge in [0, 0.05) is 32.3 Å². The Kier molecular flexibility index (Phi) is 6.67. The van der Waals surface area contributed by atoms with Crippen molar-refractivity contribution in [1.82, 2.24) is 9.80 Å². The van der Waals surface area contributed by atoms with Crippen molar-refractivity contribution in [2.24, 2.45) is 0 Å². The maximum atomic E-state index is 13.0. The van der Waals surface area contributed by atoms with Crippen molar-refractivity contribution in [3.63, 3.8) is 0 Å². The molecule has 5 heteroatoms. The minimum atomic E-state index is 0.0371. The van der Waals surface area contributed by atoms with Crippen molar-refractivity contribution in [1.29, 1.82) is 0 Å². The molecule has 0 radical (unpaired) electrons. The monoisotopic (exact) mass is 370 g/mol. The van der Waals surface area contributed by atoms with Gasteiger partial charge in [-0.1, -0.05) is 36.8 Å². The van der Waals surface area contributed by atoms with Crippen LogP contribution >= 0.6 is 0 Å². The van der Waals surface area contributed by atoms with E-state index in [2.05, 4.69) is 0 Å². The second kappa shape index (κ2) is 9.18. The van der Waals surface area contributed by atoms with Crippen molar-refractivity contribution >= 4 is 11.8 Å². The van der Waals surface area contributed by atoms with Crippen LogP contribution in [0.3, 0.4) is 0 Å². The Labute approximate surface area is 162 Å². The lowest BCUT2D eigenvalue weighted by atomic mass is 9.88. The summed E-state index contributed by atoms with van der Waals surface area (Å²) in [6.07, 6.45) is 4.41. The Bertz CT molecular complexity index is 699. The maximum Gasteiger partial charge on any atom is 0.250 e. The Balaban J connectivity index is 1.73. The summed E-state index contributed by atoms with van der Waals surface area (Å²) >= 11 is 0. The van der Waals surface area contributed by atoms with E-state index >= 15 is 0 Å². The fourth-order valence-electron chi connectivity index (χ4n) is 4.22. The van der Waals surface area contributed by atoms with Gasteiger partial charge < -0.3 is 14.5 Å². The first-order valence-corrected chi connectivity index (χ1v) is 9.99. The summed E-state index contributed by atoms with van der Waals surface area (Å²) in [5.74, 6) is 0.0770. The quantitative estimate of drug-likeness (QED) is 0.706. The molecule has 1 fully saturated rings. The van der Waals surface area contributed by atoms with Crippen molar-refractivity contribution in [3.8, 4) is 0 Å². The van der Waals surface area contributed by atoms with Crippen molar-refractivity contribution < 1.29 is 14.3 Å². The summed E-state index contributed by atoms with van der Waals surface area (Å²) in [4.78, 5) is 29.8. The molecule has 2 aliphatic rings. The van der Waals surface area contributed by atoms with Gasteiger partial charge in [0.2, 0.25) is 5.91 Å². The highest BCUT2D eigenvalue weighted by molar-refractivity contribution is 6.02.